The van der Waals surface area contributed by atoms with Gasteiger partial charge in [-0.05, 0) is 25.0 Å². The lowest BCUT2D eigenvalue weighted by atomic mass is 10.1. The van der Waals surface area contributed by atoms with Crippen molar-refractivity contribution < 1.29 is 21.6 Å². The minimum atomic E-state index is 0. The third kappa shape index (κ3) is 14.0. The number of quaternary nitrogens is 1. The summed E-state index contributed by atoms with van der Waals surface area (Å²) in [5.74, 6) is 0.966. The van der Waals surface area contributed by atoms with Gasteiger partial charge >= 0.3 is 0 Å². The number of hydrogen-bond acceptors (Lipinski definition) is 1. The lowest BCUT2D eigenvalue weighted by Gasteiger charge is -2.30. The van der Waals surface area contributed by atoms with Gasteiger partial charge in [-0.25, -0.2) is 0 Å². The fraction of sp³-hybridized carbons (Fsp3) is 0.750. The molecule has 0 N–H and O–H groups in total. The SMILES string of the molecule is CCCCCCCCCCCCCC[N+](C)(C)Cc1cccc(OC)c1.[Cl-]. The van der Waals surface area contributed by atoms with Crippen LogP contribution in [0.3, 0.4) is 0 Å². The molecule has 0 atom stereocenters. The number of benzene rings is 1. The summed E-state index contributed by atoms with van der Waals surface area (Å²) in [6.07, 6.45) is 17.0. The Balaban J connectivity index is 0.00000676. The zero-order valence-corrected chi connectivity index (χ0v) is 19.2. The molecule has 0 saturated heterocycles. The Morgan fingerprint density at radius 3 is 1.81 bits per heavy atom. The highest BCUT2D eigenvalue weighted by Gasteiger charge is 2.15. The summed E-state index contributed by atoms with van der Waals surface area (Å²) in [6.45, 7) is 4.63. The van der Waals surface area contributed by atoms with E-state index in [1.54, 1.807) is 7.11 Å². The van der Waals surface area contributed by atoms with Crippen molar-refractivity contribution in [2.75, 3.05) is 27.7 Å². The second kappa shape index (κ2) is 16.2. The largest absolute Gasteiger partial charge is 1.00 e. The van der Waals surface area contributed by atoms with Crippen molar-refractivity contribution in [2.45, 2.75) is 90.5 Å². The van der Waals surface area contributed by atoms with Gasteiger partial charge in [-0.2, -0.15) is 0 Å². The zero-order valence-electron chi connectivity index (χ0n) is 18.4. The average molecular weight is 398 g/mol. The average Bonchev–Trinajstić information content (AvgIpc) is 2.62. The van der Waals surface area contributed by atoms with Crippen LogP contribution < -0.4 is 17.1 Å². The van der Waals surface area contributed by atoms with Gasteiger partial charge in [0.15, 0.2) is 0 Å². The van der Waals surface area contributed by atoms with Gasteiger partial charge in [0.25, 0.3) is 0 Å². The molecule has 158 valence electrons. The van der Waals surface area contributed by atoms with Gasteiger partial charge in [-0.15, -0.1) is 0 Å². The summed E-state index contributed by atoms with van der Waals surface area (Å²) >= 11 is 0. The molecule has 1 rings (SSSR count). The van der Waals surface area contributed by atoms with Crippen LogP contribution in [0.4, 0.5) is 0 Å². The summed E-state index contributed by atoms with van der Waals surface area (Å²) in [7, 11) is 6.43. The van der Waals surface area contributed by atoms with Crippen molar-refractivity contribution in [2.24, 2.45) is 0 Å². The minimum absolute atomic E-state index is 0. The van der Waals surface area contributed by atoms with Crippen LogP contribution in [0, 0.1) is 0 Å². The Bertz CT molecular complexity index is 461. The topological polar surface area (TPSA) is 9.23 Å². The van der Waals surface area contributed by atoms with Crippen LogP contribution in [-0.2, 0) is 6.54 Å². The third-order valence-electron chi connectivity index (χ3n) is 5.36. The van der Waals surface area contributed by atoms with E-state index >= 15 is 0 Å². The van der Waals surface area contributed by atoms with E-state index in [0.29, 0.717) is 0 Å². The predicted molar refractivity (Wildman–Crippen MR) is 115 cm³/mol. The molecule has 3 heteroatoms. The summed E-state index contributed by atoms with van der Waals surface area (Å²) in [5, 5.41) is 0. The lowest BCUT2D eigenvalue weighted by molar-refractivity contribution is -0.903. The number of hydrogen-bond donors (Lipinski definition) is 0. The second-order valence-electron chi connectivity index (χ2n) is 8.56. The highest BCUT2D eigenvalue weighted by molar-refractivity contribution is 5.27. The predicted octanol–water partition coefficient (Wildman–Crippen LogP) is 3.98. The van der Waals surface area contributed by atoms with E-state index in [-0.39, 0.29) is 12.4 Å². The zero-order chi connectivity index (χ0) is 19.1. The van der Waals surface area contributed by atoms with Gasteiger partial charge in [-0.1, -0.05) is 83.3 Å². The van der Waals surface area contributed by atoms with E-state index in [4.69, 9.17) is 4.74 Å². The van der Waals surface area contributed by atoms with Crippen molar-refractivity contribution in [1.82, 2.24) is 0 Å². The first-order valence-corrected chi connectivity index (χ1v) is 11.0. The quantitative estimate of drug-likeness (QED) is 0.303. The van der Waals surface area contributed by atoms with Crippen molar-refractivity contribution in [3.8, 4) is 5.75 Å². The monoisotopic (exact) mass is 397 g/mol. The van der Waals surface area contributed by atoms with Crippen LogP contribution in [0.25, 0.3) is 0 Å². The Hall–Kier alpha value is -0.730. The maximum absolute atomic E-state index is 5.34. The number of nitrogens with zero attached hydrogens (tertiary/aromatic N) is 1. The molecular formula is C24H44ClNO. The molecular weight excluding hydrogens is 354 g/mol. The molecule has 0 fully saturated rings. The second-order valence-corrected chi connectivity index (χ2v) is 8.56. The van der Waals surface area contributed by atoms with Gasteiger partial charge in [0.2, 0.25) is 0 Å². The molecule has 1 aromatic carbocycles. The first kappa shape index (κ1) is 26.3. The van der Waals surface area contributed by atoms with E-state index < -0.39 is 0 Å². The fourth-order valence-electron chi connectivity index (χ4n) is 3.72. The fourth-order valence-corrected chi connectivity index (χ4v) is 3.72. The molecule has 0 aliphatic rings. The van der Waals surface area contributed by atoms with Crippen LogP contribution in [0.5, 0.6) is 5.75 Å². The van der Waals surface area contributed by atoms with Crippen LogP contribution in [0.15, 0.2) is 24.3 Å². The molecule has 2 nitrogen and oxygen atoms in total. The molecule has 0 aromatic heterocycles. The number of ether oxygens (including phenoxy) is 1. The van der Waals surface area contributed by atoms with Crippen molar-refractivity contribution in [1.29, 1.82) is 0 Å². The highest BCUT2D eigenvalue weighted by Crippen LogP contribution is 2.17. The molecule has 0 spiro atoms. The number of rotatable bonds is 16. The van der Waals surface area contributed by atoms with E-state index in [1.165, 1.54) is 89.2 Å². The molecule has 0 saturated carbocycles. The molecule has 0 unspecified atom stereocenters. The molecule has 0 radical (unpaired) electrons. The molecule has 0 aliphatic carbocycles. The number of halogens is 1. The molecule has 0 heterocycles. The van der Waals surface area contributed by atoms with Gasteiger partial charge in [0.05, 0.1) is 27.7 Å². The van der Waals surface area contributed by atoms with E-state index in [1.807, 2.05) is 6.07 Å². The maximum Gasteiger partial charge on any atom is 0.119 e. The molecule has 0 aliphatic heterocycles. The molecule has 0 bridgehead atoms. The Kier molecular flexibility index (Phi) is 15.8. The summed E-state index contributed by atoms with van der Waals surface area (Å²) in [6, 6.07) is 8.50. The van der Waals surface area contributed by atoms with Gasteiger partial charge in [-0.3, -0.25) is 0 Å². The van der Waals surface area contributed by atoms with Gasteiger partial charge < -0.3 is 21.6 Å². The smallest absolute Gasteiger partial charge is 0.119 e. The normalized spacial score (nSPS) is 11.3. The minimum Gasteiger partial charge on any atom is -1.00 e. The van der Waals surface area contributed by atoms with Crippen LogP contribution >= 0.6 is 0 Å². The van der Waals surface area contributed by atoms with Crippen LogP contribution in [0.1, 0.15) is 89.5 Å². The number of unbranched alkanes of at least 4 members (excludes halogenated alkanes) is 11. The summed E-state index contributed by atoms with van der Waals surface area (Å²) < 4.78 is 6.40. The van der Waals surface area contributed by atoms with Crippen LogP contribution in [0.2, 0.25) is 0 Å². The van der Waals surface area contributed by atoms with E-state index in [0.717, 1.165) is 16.8 Å². The Labute approximate surface area is 175 Å². The standard InChI is InChI=1S/C24H44NO.ClH/c1-5-6-7-8-9-10-11-12-13-14-15-16-20-25(2,3)22-23-18-17-19-24(21-23)26-4;/h17-19,21H,5-16,20,22H2,1-4H3;1H/q+1;/p-1. The molecule has 1 aromatic rings. The first-order chi connectivity index (χ1) is 12.6. The van der Waals surface area contributed by atoms with Crippen molar-refractivity contribution in [3.05, 3.63) is 29.8 Å². The maximum atomic E-state index is 5.34. The molecule has 27 heavy (non-hydrogen) atoms. The Morgan fingerprint density at radius 1 is 0.778 bits per heavy atom. The number of methoxy groups -OCH3 is 1. The third-order valence-corrected chi connectivity index (χ3v) is 5.36. The van der Waals surface area contributed by atoms with Gasteiger partial charge in [0, 0.05) is 5.56 Å². The van der Waals surface area contributed by atoms with E-state index in [9.17, 15) is 0 Å². The van der Waals surface area contributed by atoms with Crippen LogP contribution in [-0.4, -0.2) is 32.2 Å². The molecule has 0 amide bonds. The van der Waals surface area contributed by atoms with Gasteiger partial charge in [0.1, 0.15) is 12.3 Å². The van der Waals surface area contributed by atoms with Crippen molar-refractivity contribution in [3.63, 3.8) is 0 Å². The highest BCUT2D eigenvalue weighted by atomic mass is 35.5. The summed E-state index contributed by atoms with van der Waals surface area (Å²) in [4.78, 5) is 0. The Morgan fingerprint density at radius 2 is 1.30 bits per heavy atom. The first-order valence-electron chi connectivity index (χ1n) is 11.0. The lowest BCUT2D eigenvalue weighted by Crippen LogP contribution is -3.00. The van der Waals surface area contributed by atoms with Crippen molar-refractivity contribution >= 4 is 0 Å². The summed E-state index contributed by atoms with van der Waals surface area (Å²) in [5.41, 5.74) is 1.37. The van der Waals surface area contributed by atoms with E-state index in [2.05, 4.69) is 39.2 Å².